The maximum Gasteiger partial charge on any atom is 0.247 e. The molecule has 0 radical (unpaired) electrons. The number of carbonyl (C=O) groups excluding carboxylic acids is 1. The van der Waals surface area contributed by atoms with Crippen LogP contribution in [0, 0.1) is 5.82 Å². The number of aromatic nitrogens is 2. The number of halogens is 1. The Hall–Kier alpha value is -3.86. The minimum absolute atomic E-state index is 0.290. The van der Waals surface area contributed by atoms with Gasteiger partial charge in [-0.2, -0.15) is 4.98 Å². The summed E-state index contributed by atoms with van der Waals surface area (Å²) in [6.45, 7) is 6.07. The molecule has 5 rings (SSSR count). The van der Waals surface area contributed by atoms with Crippen LogP contribution in [-0.4, -0.2) is 47.0 Å². The SMILES string of the molecule is C=CC(=O)Nc1cccc(Oc2nc(Nc3ccc(CNC4CCN(C)CC4)c(F)c3)nc3ccsc23)c1. The number of benzene rings is 2. The van der Waals surface area contributed by atoms with E-state index < -0.39 is 0 Å². The monoisotopic (exact) mass is 532 g/mol. The van der Waals surface area contributed by atoms with Crippen molar-refractivity contribution in [2.24, 2.45) is 0 Å². The van der Waals surface area contributed by atoms with E-state index >= 15 is 0 Å². The summed E-state index contributed by atoms with van der Waals surface area (Å²) in [6, 6.07) is 14.3. The van der Waals surface area contributed by atoms with Gasteiger partial charge in [-0.25, -0.2) is 9.37 Å². The van der Waals surface area contributed by atoms with Gasteiger partial charge in [-0.05, 0) is 74.8 Å². The topological polar surface area (TPSA) is 91.4 Å². The van der Waals surface area contributed by atoms with E-state index in [4.69, 9.17) is 4.74 Å². The Bertz CT molecular complexity index is 1450. The van der Waals surface area contributed by atoms with Crippen LogP contribution in [0.2, 0.25) is 0 Å². The second kappa shape index (κ2) is 11.7. The third kappa shape index (κ3) is 6.34. The third-order valence-electron chi connectivity index (χ3n) is 6.38. The molecule has 0 aliphatic carbocycles. The van der Waals surface area contributed by atoms with Crippen LogP contribution >= 0.6 is 11.3 Å². The van der Waals surface area contributed by atoms with Gasteiger partial charge in [-0.1, -0.05) is 18.7 Å². The maximum absolute atomic E-state index is 14.9. The fourth-order valence-corrected chi connectivity index (χ4v) is 5.02. The van der Waals surface area contributed by atoms with E-state index in [1.807, 2.05) is 17.5 Å². The van der Waals surface area contributed by atoms with Gasteiger partial charge in [0, 0.05) is 35.6 Å². The average molecular weight is 533 g/mol. The van der Waals surface area contributed by atoms with Crippen LogP contribution in [-0.2, 0) is 11.3 Å². The Morgan fingerprint density at radius 2 is 2.03 bits per heavy atom. The van der Waals surface area contributed by atoms with E-state index in [0.29, 0.717) is 52.6 Å². The van der Waals surface area contributed by atoms with Gasteiger partial charge < -0.3 is 25.6 Å². The summed E-state index contributed by atoms with van der Waals surface area (Å²) in [5.74, 6) is 0.547. The van der Waals surface area contributed by atoms with Gasteiger partial charge in [0.05, 0.1) is 5.52 Å². The Morgan fingerprint density at radius 3 is 2.82 bits per heavy atom. The largest absolute Gasteiger partial charge is 0.437 e. The average Bonchev–Trinajstić information content (AvgIpc) is 3.38. The van der Waals surface area contributed by atoms with Crippen molar-refractivity contribution in [2.45, 2.75) is 25.4 Å². The number of nitrogens with one attached hydrogen (secondary N) is 3. The zero-order chi connectivity index (χ0) is 26.5. The molecule has 1 aliphatic rings. The summed E-state index contributed by atoms with van der Waals surface area (Å²) in [5, 5.41) is 11.2. The lowest BCUT2D eigenvalue weighted by atomic mass is 10.0. The van der Waals surface area contributed by atoms with E-state index in [2.05, 4.69) is 44.4 Å². The summed E-state index contributed by atoms with van der Waals surface area (Å²) in [7, 11) is 2.13. The highest BCUT2D eigenvalue weighted by molar-refractivity contribution is 7.17. The number of anilines is 3. The highest BCUT2D eigenvalue weighted by Gasteiger charge is 2.17. The summed E-state index contributed by atoms with van der Waals surface area (Å²) in [5.41, 5.74) is 2.44. The number of carbonyl (C=O) groups is 1. The third-order valence-corrected chi connectivity index (χ3v) is 7.27. The van der Waals surface area contributed by atoms with Crippen LogP contribution in [0.1, 0.15) is 18.4 Å². The molecule has 0 saturated carbocycles. The normalized spacial score (nSPS) is 14.4. The number of likely N-dealkylation sites (tertiary alicyclic amines) is 1. The van der Waals surface area contributed by atoms with Gasteiger partial charge in [0.1, 0.15) is 16.3 Å². The van der Waals surface area contributed by atoms with Gasteiger partial charge in [-0.3, -0.25) is 4.79 Å². The Balaban J connectivity index is 1.30. The van der Waals surface area contributed by atoms with Crippen LogP contribution in [0.3, 0.4) is 0 Å². The quantitative estimate of drug-likeness (QED) is 0.239. The van der Waals surface area contributed by atoms with Gasteiger partial charge in [-0.15, -0.1) is 11.3 Å². The summed E-state index contributed by atoms with van der Waals surface area (Å²) >= 11 is 1.46. The van der Waals surface area contributed by atoms with Crippen molar-refractivity contribution in [3.8, 4) is 11.6 Å². The van der Waals surface area contributed by atoms with E-state index in [9.17, 15) is 9.18 Å². The van der Waals surface area contributed by atoms with Gasteiger partial charge >= 0.3 is 0 Å². The van der Waals surface area contributed by atoms with Crippen molar-refractivity contribution in [3.05, 3.63) is 77.9 Å². The van der Waals surface area contributed by atoms with Crippen molar-refractivity contribution in [3.63, 3.8) is 0 Å². The molecule has 38 heavy (non-hydrogen) atoms. The molecular formula is C28H29FN6O2S. The lowest BCUT2D eigenvalue weighted by molar-refractivity contribution is -0.111. The minimum atomic E-state index is -0.313. The molecule has 1 aliphatic heterocycles. The molecule has 3 heterocycles. The Labute approximate surface area is 224 Å². The molecule has 1 saturated heterocycles. The van der Waals surface area contributed by atoms with Crippen molar-refractivity contribution in [1.29, 1.82) is 0 Å². The number of nitrogens with zero attached hydrogens (tertiary/aromatic N) is 3. The Kier molecular flexibility index (Phi) is 7.92. The number of ether oxygens (including phenoxy) is 1. The maximum atomic E-state index is 14.9. The number of rotatable bonds is 9. The van der Waals surface area contributed by atoms with Crippen LogP contribution in [0.25, 0.3) is 10.2 Å². The number of thiophene rings is 1. The second-order valence-electron chi connectivity index (χ2n) is 9.20. The molecule has 2 aromatic heterocycles. The summed E-state index contributed by atoms with van der Waals surface area (Å²) in [4.78, 5) is 23.1. The highest BCUT2D eigenvalue weighted by atomic mass is 32.1. The van der Waals surface area contributed by atoms with Crippen LogP contribution in [0.4, 0.5) is 21.7 Å². The number of amides is 1. The first kappa shape index (κ1) is 25.8. The molecule has 196 valence electrons. The first-order chi connectivity index (χ1) is 18.5. The molecule has 1 amide bonds. The van der Waals surface area contributed by atoms with Gasteiger partial charge in [0.15, 0.2) is 0 Å². The summed E-state index contributed by atoms with van der Waals surface area (Å²) in [6.07, 6.45) is 3.34. The van der Waals surface area contributed by atoms with Crippen molar-refractivity contribution in [2.75, 3.05) is 30.8 Å². The lowest BCUT2D eigenvalue weighted by Gasteiger charge is -2.29. The number of hydrogen-bond donors (Lipinski definition) is 3. The minimum Gasteiger partial charge on any atom is -0.437 e. The predicted molar refractivity (Wildman–Crippen MR) is 150 cm³/mol. The molecular weight excluding hydrogens is 503 g/mol. The predicted octanol–water partition coefficient (Wildman–Crippen LogP) is 5.67. The molecule has 0 spiro atoms. The fraction of sp³-hybridized carbons (Fsp3) is 0.250. The molecule has 0 bridgehead atoms. The molecule has 3 N–H and O–H groups in total. The van der Waals surface area contributed by atoms with Crippen LogP contribution in [0.15, 0.2) is 66.6 Å². The van der Waals surface area contributed by atoms with Crippen LogP contribution < -0.4 is 20.7 Å². The van der Waals surface area contributed by atoms with Crippen LogP contribution in [0.5, 0.6) is 11.6 Å². The van der Waals surface area contributed by atoms with Gasteiger partial charge in [0.25, 0.3) is 0 Å². The number of hydrogen-bond acceptors (Lipinski definition) is 8. The Morgan fingerprint density at radius 1 is 1.18 bits per heavy atom. The summed E-state index contributed by atoms with van der Waals surface area (Å²) < 4.78 is 21.8. The molecule has 8 nitrogen and oxygen atoms in total. The standard InChI is InChI=1S/C28H29FN6O2S/c1-3-25(36)31-20-5-4-6-22(15-20)37-27-26-24(11-14-38-26)33-28(34-27)32-21-8-7-18(23(29)16-21)17-30-19-9-12-35(2)13-10-19/h3-8,11,14-16,19,30H,1,9-10,12-13,17H2,2H3,(H,31,36)(H,32,33,34). The molecule has 0 unspecified atom stereocenters. The van der Waals surface area contributed by atoms with Crippen molar-refractivity contribution >= 4 is 44.8 Å². The van der Waals surface area contributed by atoms with E-state index in [1.54, 1.807) is 30.3 Å². The second-order valence-corrected chi connectivity index (χ2v) is 10.1. The first-order valence-corrected chi connectivity index (χ1v) is 13.3. The smallest absolute Gasteiger partial charge is 0.247 e. The first-order valence-electron chi connectivity index (χ1n) is 12.4. The lowest BCUT2D eigenvalue weighted by Crippen LogP contribution is -2.40. The zero-order valence-electron chi connectivity index (χ0n) is 21.0. The molecule has 4 aromatic rings. The molecule has 2 aromatic carbocycles. The van der Waals surface area contributed by atoms with Gasteiger partial charge in [0.2, 0.25) is 17.7 Å². The van der Waals surface area contributed by atoms with E-state index in [-0.39, 0.29) is 11.7 Å². The molecule has 0 atom stereocenters. The van der Waals surface area contributed by atoms with E-state index in [1.165, 1.54) is 23.5 Å². The molecule has 1 fully saturated rings. The number of fused-ring (bicyclic) bond motifs is 1. The fourth-order valence-electron chi connectivity index (χ4n) is 4.27. The van der Waals surface area contributed by atoms with Crippen molar-refractivity contribution in [1.82, 2.24) is 20.2 Å². The van der Waals surface area contributed by atoms with E-state index in [0.717, 1.165) is 30.6 Å². The number of piperidine rings is 1. The zero-order valence-corrected chi connectivity index (χ0v) is 21.9. The van der Waals surface area contributed by atoms with Crippen molar-refractivity contribution < 1.29 is 13.9 Å². The molecule has 10 heteroatoms. The highest BCUT2D eigenvalue weighted by Crippen LogP contribution is 2.34.